The average molecular weight is 223 g/mol. The third-order valence-electron chi connectivity index (χ3n) is 3.04. The standard InChI is InChI=1S/C15H29N/c1-4-6-7-8-9-10-11-12-13-15(3)16-14-5-2/h2,15-16H,4,6-14H2,1,3H3. The predicted octanol–water partition coefficient (Wildman–Crippen LogP) is 4.13. The molecule has 1 heteroatoms. The normalized spacial score (nSPS) is 12.3. The predicted molar refractivity (Wildman–Crippen MR) is 73.5 cm³/mol. The van der Waals surface area contributed by atoms with Crippen molar-refractivity contribution in [3.8, 4) is 12.3 Å². The largest absolute Gasteiger partial charge is 0.304 e. The summed E-state index contributed by atoms with van der Waals surface area (Å²) in [5.74, 6) is 2.62. The van der Waals surface area contributed by atoms with Crippen molar-refractivity contribution in [1.82, 2.24) is 5.32 Å². The monoisotopic (exact) mass is 223 g/mol. The number of hydrogen-bond acceptors (Lipinski definition) is 1. The molecule has 0 amide bonds. The van der Waals surface area contributed by atoms with E-state index in [1.54, 1.807) is 0 Å². The van der Waals surface area contributed by atoms with Crippen molar-refractivity contribution < 1.29 is 0 Å². The van der Waals surface area contributed by atoms with E-state index in [0.717, 1.165) is 0 Å². The average Bonchev–Trinajstić information content (AvgIpc) is 2.30. The molecule has 0 saturated carbocycles. The molecule has 0 aliphatic heterocycles. The lowest BCUT2D eigenvalue weighted by Crippen LogP contribution is -2.25. The van der Waals surface area contributed by atoms with E-state index < -0.39 is 0 Å². The van der Waals surface area contributed by atoms with Gasteiger partial charge in [-0.15, -0.1) is 6.42 Å². The van der Waals surface area contributed by atoms with Crippen LogP contribution < -0.4 is 5.32 Å². The van der Waals surface area contributed by atoms with Crippen molar-refractivity contribution in [2.24, 2.45) is 0 Å². The zero-order valence-corrected chi connectivity index (χ0v) is 11.2. The molecule has 0 aromatic carbocycles. The first kappa shape index (κ1) is 15.5. The summed E-state index contributed by atoms with van der Waals surface area (Å²) in [7, 11) is 0. The Hall–Kier alpha value is -0.480. The van der Waals surface area contributed by atoms with Gasteiger partial charge >= 0.3 is 0 Å². The number of hydrogen-bond donors (Lipinski definition) is 1. The maximum Gasteiger partial charge on any atom is 0.0575 e. The van der Waals surface area contributed by atoms with Gasteiger partial charge in [0, 0.05) is 6.04 Å². The van der Waals surface area contributed by atoms with Crippen molar-refractivity contribution in [3.63, 3.8) is 0 Å². The third-order valence-corrected chi connectivity index (χ3v) is 3.04. The molecule has 1 N–H and O–H groups in total. The molecule has 0 fully saturated rings. The van der Waals surface area contributed by atoms with Gasteiger partial charge in [0.05, 0.1) is 6.54 Å². The third kappa shape index (κ3) is 11.6. The quantitative estimate of drug-likeness (QED) is 0.410. The summed E-state index contributed by atoms with van der Waals surface area (Å²) in [6.07, 6.45) is 17.6. The van der Waals surface area contributed by atoms with Crippen LogP contribution in [0, 0.1) is 12.3 Å². The highest BCUT2D eigenvalue weighted by molar-refractivity contribution is 4.87. The number of nitrogens with one attached hydrogen (secondary N) is 1. The Morgan fingerprint density at radius 3 is 2.12 bits per heavy atom. The second kappa shape index (κ2) is 12.6. The molecule has 94 valence electrons. The van der Waals surface area contributed by atoms with Crippen LogP contribution in [-0.4, -0.2) is 12.6 Å². The van der Waals surface area contributed by atoms with Crippen LogP contribution in [0.25, 0.3) is 0 Å². The van der Waals surface area contributed by atoms with E-state index in [9.17, 15) is 0 Å². The fourth-order valence-electron chi connectivity index (χ4n) is 1.92. The first-order valence-corrected chi connectivity index (χ1v) is 6.98. The van der Waals surface area contributed by atoms with Crippen molar-refractivity contribution >= 4 is 0 Å². The smallest absolute Gasteiger partial charge is 0.0575 e. The molecule has 1 unspecified atom stereocenters. The number of unbranched alkanes of at least 4 members (excludes halogenated alkanes) is 7. The summed E-state index contributed by atoms with van der Waals surface area (Å²) in [6, 6.07) is 0.580. The minimum absolute atomic E-state index is 0.580. The van der Waals surface area contributed by atoms with Gasteiger partial charge in [-0.3, -0.25) is 0 Å². The molecule has 1 nitrogen and oxygen atoms in total. The molecule has 0 aromatic rings. The summed E-state index contributed by atoms with van der Waals surface area (Å²) in [6.45, 7) is 5.20. The molecule has 0 aliphatic carbocycles. The van der Waals surface area contributed by atoms with Crippen LogP contribution >= 0.6 is 0 Å². The van der Waals surface area contributed by atoms with Crippen LogP contribution in [0.15, 0.2) is 0 Å². The minimum atomic E-state index is 0.580. The lowest BCUT2D eigenvalue weighted by molar-refractivity contribution is 0.495. The lowest BCUT2D eigenvalue weighted by atomic mass is 10.1. The summed E-state index contributed by atoms with van der Waals surface area (Å²) in [4.78, 5) is 0. The van der Waals surface area contributed by atoms with Crippen molar-refractivity contribution in [2.45, 2.75) is 77.7 Å². The summed E-state index contributed by atoms with van der Waals surface area (Å²) < 4.78 is 0. The summed E-state index contributed by atoms with van der Waals surface area (Å²) in [5.41, 5.74) is 0. The van der Waals surface area contributed by atoms with Crippen LogP contribution in [0.4, 0.5) is 0 Å². The maximum atomic E-state index is 5.20. The van der Waals surface area contributed by atoms with E-state index in [1.807, 2.05) is 0 Å². The Labute approximate surface area is 102 Å². The van der Waals surface area contributed by atoms with Crippen LogP contribution in [0.3, 0.4) is 0 Å². The SMILES string of the molecule is C#CCNC(C)CCCCCCCCCC. The fraction of sp³-hybridized carbons (Fsp3) is 0.867. The van der Waals surface area contributed by atoms with Gasteiger partial charge in [-0.05, 0) is 13.3 Å². The Balaban J connectivity index is 3.06. The van der Waals surface area contributed by atoms with Crippen molar-refractivity contribution in [2.75, 3.05) is 6.54 Å². The Morgan fingerprint density at radius 1 is 1.00 bits per heavy atom. The van der Waals surface area contributed by atoms with Gasteiger partial charge in [0.2, 0.25) is 0 Å². The van der Waals surface area contributed by atoms with Gasteiger partial charge in [0.15, 0.2) is 0 Å². The Bertz CT molecular complexity index is 169. The highest BCUT2D eigenvalue weighted by Gasteiger charge is 1.99. The van der Waals surface area contributed by atoms with Crippen LogP contribution in [-0.2, 0) is 0 Å². The minimum Gasteiger partial charge on any atom is -0.304 e. The van der Waals surface area contributed by atoms with Gasteiger partial charge in [-0.2, -0.15) is 0 Å². The van der Waals surface area contributed by atoms with Crippen molar-refractivity contribution in [1.29, 1.82) is 0 Å². The van der Waals surface area contributed by atoms with E-state index in [0.29, 0.717) is 12.6 Å². The van der Waals surface area contributed by atoms with Gasteiger partial charge < -0.3 is 5.32 Å². The van der Waals surface area contributed by atoms with Gasteiger partial charge in [0.1, 0.15) is 0 Å². The molecule has 16 heavy (non-hydrogen) atoms. The van der Waals surface area contributed by atoms with E-state index >= 15 is 0 Å². The van der Waals surface area contributed by atoms with Gasteiger partial charge in [-0.1, -0.05) is 64.2 Å². The molecule has 0 aliphatic rings. The molecule has 0 rings (SSSR count). The topological polar surface area (TPSA) is 12.0 Å². The summed E-state index contributed by atoms with van der Waals surface area (Å²) in [5, 5.41) is 3.31. The molecule has 0 bridgehead atoms. The molecule has 0 aromatic heterocycles. The first-order valence-electron chi connectivity index (χ1n) is 6.98. The molecule has 0 spiro atoms. The van der Waals surface area contributed by atoms with E-state index in [4.69, 9.17) is 6.42 Å². The molecule has 0 saturated heterocycles. The molecule has 1 atom stereocenters. The molecule has 0 heterocycles. The highest BCUT2D eigenvalue weighted by atomic mass is 14.9. The zero-order valence-electron chi connectivity index (χ0n) is 11.2. The van der Waals surface area contributed by atoms with Crippen LogP contribution in [0.2, 0.25) is 0 Å². The number of rotatable bonds is 11. The van der Waals surface area contributed by atoms with E-state index in [1.165, 1.54) is 57.8 Å². The fourth-order valence-corrected chi connectivity index (χ4v) is 1.92. The van der Waals surface area contributed by atoms with Crippen LogP contribution in [0.1, 0.15) is 71.6 Å². The highest BCUT2D eigenvalue weighted by Crippen LogP contribution is 2.10. The zero-order chi connectivity index (χ0) is 12.1. The summed E-state index contributed by atoms with van der Waals surface area (Å²) >= 11 is 0. The van der Waals surface area contributed by atoms with Crippen LogP contribution in [0.5, 0.6) is 0 Å². The Kier molecular flexibility index (Phi) is 12.2. The van der Waals surface area contributed by atoms with E-state index in [-0.39, 0.29) is 0 Å². The second-order valence-electron chi connectivity index (χ2n) is 4.75. The second-order valence-corrected chi connectivity index (χ2v) is 4.75. The number of terminal acetylenes is 1. The molecular weight excluding hydrogens is 194 g/mol. The molecule has 0 radical (unpaired) electrons. The van der Waals surface area contributed by atoms with Gasteiger partial charge in [0.25, 0.3) is 0 Å². The van der Waals surface area contributed by atoms with Gasteiger partial charge in [-0.25, -0.2) is 0 Å². The van der Waals surface area contributed by atoms with Crippen molar-refractivity contribution in [3.05, 3.63) is 0 Å². The first-order chi connectivity index (χ1) is 7.81. The van der Waals surface area contributed by atoms with E-state index in [2.05, 4.69) is 25.1 Å². The maximum absolute atomic E-state index is 5.20. The Morgan fingerprint density at radius 2 is 1.56 bits per heavy atom. The lowest BCUT2D eigenvalue weighted by Gasteiger charge is -2.11. The molecular formula is C15H29N.